The number of nitrogens with zero attached hydrogens (tertiary/aromatic N) is 1. The van der Waals surface area contributed by atoms with E-state index >= 15 is 0 Å². The van der Waals surface area contributed by atoms with E-state index in [0.717, 1.165) is 11.1 Å². The smallest absolute Gasteiger partial charge is 0.317 e. The van der Waals surface area contributed by atoms with Gasteiger partial charge in [-0.05, 0) is 37.1 Å². The zero-order valence-corrected chi connectivity index (χ0v) is 14.6. The molecule has 2 amide bonds. The van der Waals surface area contributed by atoms with Gasteiger partial charge in [0.2, 0.25) is 0 Å². The fraction of sp³-hybridized carbons (Fsp3) is 0.118. The minimum absolute atomic E-state index is 0.389. The number of hydrogen-bond acceptors (Lipinski definition) is 3. The molecule has 0 fully saturated rings. The Morgan fingerprint density at radius 2 is 1.71 bits per heavy atom. The molecule has 24 heavy (non-hydrogen) atoms. The van der Waals surface area contributed by atoms with E-state index in [1.807, 2.05) is 32.0 Å². The molecular formula is C17H15Cl2N3O2. The van der Waals surface area contributed by atoms with Crippen LogP contribution in [-0.4, -0.2) is 18.0 Å². The zero-order valence-electron chi connectivity index (χ0n) is 13.1. The summed E-state index contributed by atoms with van der Waals surface area (Å²) in [6.45, 7) is 3.70. The average Bonchev–Trinajstić information content (AvgIpc) is 2.52. The van der Waals surface area contributed by atoms with E-state index in [-0.39, 0.29) is 0 Å². The number of nitrogens with one attached hydrogen (secondary N) is 2. The van der Waals surface area contributed by atoms with Crippen LogP contribution in [0.5, 0.6) is 0 Å². The highest BCUT2D eigenvalue weighted by molar-refractivity contribution is 6.40. The molecule has 0 atom stereocenters. The number of halogens is 2. The van der Waals surface area contributed by atoms with Crippen molar-refractivity contribution in [3.05, 3.63) is 63.1 Å². The van der Waals surface area contributed by atoms with Gasteiger partial charge in [-0.3, -0.25) is 9.59 Å². The maximum absolute atomic E-state index is 11.9. The molecule has 124 valence electrons. The number of carbonyl (C=O) groups excluding carboxylic acids is 2. The highest BCUT2D eigenvalue weighted by Crippen LogP contribution is 2.20. The van der Waals surface area contributed by atoms with Crippen LogP contribution < -0.4 is 10.7 Å². The molecular weight excluding hydrogens is 349 g/mol. The first-order valence-corrected chi connectivity index (χ1v) is 7.79. The standard InChI is InChI=1S/C17H15Cl2N3O2/c1-10-4-3-5-11(2)15(10)21-16(23)17(24)22-20-9-12-6-7-13(18)8-14(12)19/h3-9H,1-2H3,(H,21,23)(H,22,24). The molecule has 0 aliphatic carbocycles. The number of anilines is 1. The highest BCUT2D eigenvalue weighted by atomic mass is 35.5. The van der Waals surface area contributed by atoms with Gasteiger partial charge < -0.3 is 5.32 Å². The molecule has 2 rings (SSSR count). The van der Waals surface area contributed by atoms with Crippen LogP contribution in [0.3, 0.4) is 0 Å². The van der Waals surface area contributed by atoms with Gasteiger partial charge in [0, 0.05) is 16.3 Å². The van der Waals surface area contributed by atoms with Crippen LogP contribution in [0.4, 0.5) is 5.69 Å². The number of rotatable bonds is 3. The second-order valence-corrected chi connectivity index (χ2v) is 5.93. The maximum Gasteiger partial charge on any atom is 0.329 e. The number of aryl methyl sites for hydroxylation is 2. The summed E-state index contributed by atoms with van der Waals surface area (Å²) in [7, 11) is 0. The van der Waals surface area contributed by atoms with Crippen LogP contribution in [0.2, 0.25) is 10.0 Å². The Morgan fingerprint density at radius 1 is 1.04 bits per heavy atom. The summed E-state index contributed by atoms with van der Waals surface area (Å²) in [5.41, 5.74) is 5.07. The van der Waals surface area contributed by atoms with Crippen molar-refractivity contribution < 1.29 is 9.59 Å². The van der Waals surface area contributed by atoms with Crippen LogP contribution in [0.1, 0.15) is 16.7 Å². The number of hydrazone groups is 1. The molecule has 0 unspecified atom stereocenters. The molecule has 5 nitrogen and oxygen atoms in total. The van der Waals surface area contributed by atoms with Crippen molar-refractivity contribution in [2.45, 2.75) is 13.8 Å². The Hall–Kier alpha value is -2.37. The van der Waals surface area contributed by atoms with Gasteiger partial charge in [0.1, 0.15) is 0 Å². The van der Waals surface area contributed by atoms with Crippen molar-refractivity contribution in [2.24, 2.45) is 5.10 Å². The van der Waals surface area contributed by atoms with Crippen molar-refractivity contribution in [3.8, 4) is 0 Å². The Balaban J connectivity index is 1.99. The first-order valence-electron chi connectivity index (χ1n) is 7.04. The highest BCUT2D eigenvalue weighted by Gasteiger charge is 2.15. The minimum atomic E-state index is -0.876. The molecule has 0 aromatic heterocycles. The third-order valence-electron chi connectivity index (χ3n) is 3.26. The fourth-order valence-electron chi connectivity index (χ4n) is 2.00. The molecule has 2 aromatic rings. The second kappa shape index (κ2) is 7.95. The first-order chi connectivity index (χ1) is 11.4. The summed E-state index contributed by atoms with van der Waals surface area (Å²) in [6, 6.07) is 10.4. The van der Waals surface area contributed by atoms with Crippen LogP contribution in [0.15, 0.2) is 41.5 Å². The zero-order chi connectivity index (χ0) is 17.7. The molecule has 2 aromatic carbocycles. The van der Waals surface area contributed by atoms with Gasteiger partial charge in [-0.1, -0.05) is 47.5 Å². The van der Waals surface area contributed by atoms with Crippen LogP contribution in [-0.2, 0) is 9.59 Å². The Kier molecular flexibility index (Phi) is 5.95. The third-order valence-corrected chi connectivity index (χ3v) is 3.82. The van der Waals surface area contributed by atoms with E-state index in [2.05, 4.69) is 15.8 Å². The summed E-state index contributed by atoms with van der Waals surface area (Å²) in [5.74, 6) is -1.68. The lowest BCUT2D eigenvalue weighted by Gasteiger charge is -2.10. The van der Waals surface area contributed by atoms with Crippen LogP contribution >= 0.6 is 23.2 Å². The lowest BCUT2D eigenvalue weighted by Crippen LogP contribution is -2.32. The quantitative estimate of drug-likeness (QED) is 0.495. The molecule has 0 radical (unpaired) electrons. The topological polar surface area (TPSA) is 70.6 Å². The van der Waals surface area contributed by atoms with E-state index in [1.54, 1.807) is 18.2 Å². The van der Waals surface area contributed by atoms with Crippen LogP contribution in [0.25, 0.3) is 0 Å². The monoisotopic (exact) mass is 363 g/mol. The van der Waals surface area contributed by atoms with E-state index in [1.165, 1.54) is 6.21 Å². The predicted octanol–water partition coefficient (Wildman–Crippen LogP) is 3.70. The SMILES string of the molecule is Cc1cccc(C)c1NC(=O)C(=O)NN=Cc1ccc(Cl)cc1Cl. The van der Waals surface area contributed by atoms with Gasteiger partial charge in [0.05, 0.1) is 11.2 Å². The number of carbonyl (C=O) groups is 2. The molecule has 0 saturated heterocycles. The Morgan fingerprint density at radius 3 is 2.33 bits per heavy atom. The largest absolute Gasteiger partial charge is 0.329 e. The number of benzene rings is 2. The molecule has 0 saturated carbocycles. The molecule has 2 N–H and O–H groups in total. The van der Waals surface area contributed by atoms with Crippen molar-refractivity contribution in [1.82, 2.24) is 5.43 Å². The number of amides is 2. The molecule has 0 aliphatic rings. The summed E-state index contributed by atoms with van der Waals surface area (Å²) in [4.78, 5) is 23.7. The van der Waals surface area contributed by atoms with Gasteiger partial charge >= 0.3 is 11.8 Å². The fourth-order valence-corrected chi connectivity index (χ4v) is 2.46. The van der Waals surface area contributed by atoms with Gasteiger partial charge in [-0.15, -0.1) is 0 Å². The lowest BCUT2D eigenvalue weighted by molar-refractivity contribution is -0.136. The molecule has 0 aliphatic heterocycles. The van der Waals surface area contributed by atoms with E-state index < -0.39 is 11.8 Å². The third kappa shape index (κ3) is 4.57. The van der Waals surface area contributed by atoms with Crippen molar-refractivity contribution >= 4 is 46.9 Å². The summed E-state index contributed by atoms with van der Waals surface area (Å²) in [6.07, 6.45) is 1.34. The van der Waals surface area contributed by atoms with Gasteiger partial charge in [0.25, 0.3) is 0 Å². The summed E-state index contributed by atoms with van der Waals surface area (Å²) >= 11 is 11.8. The summed E-state index contributed by atoms with van der Waals surface area (Å²) < 4.78 is 0. The van der Waals surface area contributed by atoms with Crippen molar-refractivity contribution in [3.63, 3.8) is 0 Å². The molecule has 0 spiro atoms. The van der Waals surface area contributed by atoms with E-state index in [9.17, 15) is 9.59 Å². The first kappa shape index (κ1) is 18.0. The molecule has 0 bridgehead atoms. The number of hydrogen-bond donors (Lipinski definition) is 2. The van der Waals surface area contributed by atoms with Crippen molar-refractivity contribution in [2.75, 3.05) is 5.32 Å². The second-order valence-electron chi connectivity index (χ2n) is 5.09. The Labute approximate surface area is 149 Å². The molecule has 0 heterocycles. The van der Waals surface area contributed by atoms with Gasteiger partial charge in [-0.2, -0.15) is 5.10 Å². The Bertz CT molecular complexity index is 799. The maximum atomic E-state index is 11.9. The van der Waals surface area contributed by atoms with Gasteiger partial charge in [0.15, 0.2) is 0 Å². The molecule has 7 heteroatoms. The van der Waals surface area contributed by atoms with E-state index in [0.29, 0.717) is 21.3 Å². The normalized spacial score (nSPS) is 10.7. The predicted molar refractivity (Wildman–Crippen MR) is 96.7 cm³/mol. The number of para-hydroxylation sites is 1. The summed E-state index contributed by atoms with van der Waals surface area (Å²) in [5, 5.41) is 7.19. The van der Waals surface area contributed by atoms with Crippen LogP contribution in [0, 0.1) is 13.8 Å². The minimum Gasteiger partial charge on any atom is -0.317 e. The van der Waals surface area contributed by atoms with Gasteiger partial charge in [-0.25, -0.2) is 5.43 Å². The lowest BCUT2D eigenvalue weighted by atomic mass is 10.1. The van der Waals surface area contributed by atoms with Crippen molar-refractivity contribution in [1.29, 1.82) is 0 Å². The van der Waals surface area contributed by atoms with E-state index in [4.69, 9.17) is 23.2 Å². The average molecular weight is 364 g/mol.